The lowest BCUT2D eigenvalue weighted by molar-refractivity contribution is 0.692. The molecule has 0 aliphatic carbocycles. The molecular formula is C15H14OS. The van der Waals surface area contributed by atoms with Crippen molar-refractivity contribution in [1.82, 2.24) is 0 Å². The molecule has 2 heteroatoms. The van der Waals surface area contributed by atoms with Gasteiger partial charge in [0.25, 0.3) is 0 Å². The highest BCUT2D eigenvalue weighted by Gasteiger charge is 2.05. The van der Waals surface area contributed by atoms with E-state index in [4.69, 9.17) is 0 Å². The van der Waals surface area contributed by atoms with E-state index in [0.717, 1.165) is 16.0 Å². The molecule has 0 amide bonds. The van der Waals surface area contributed by atoms with Crippen LogP contribution < -0.4 is 0 Å². The molecule has 0 N–H and O–H groups in total. The van der Waals surface area contributed by atoms with Crippen LogP contribution in [0.25, 0.3) is 11.0 Å². The molecular weight excluding hydrogens is 228 g/mol. The van der Waals surface area contributed by atoms with E-state index < -0.39 is 10.8 Å². The molecule has 0 aromatic heterocycles. The number of hydrogen-bond donors (Lipinski definition) is 0. The van der Waals surface area contributed by atoms with Gasteiger partial charge in [-0.25, -0.2) is 0 Å². The Morgan fingerprint density at radius 2 is 1.47 bits per heavy atom. The van der Waals surface area contributed by atoms with E-state index in [0.29, 0.717) is 0 Å². The van der Waals surface area contributed by atoms with Gasteiger partial charge in [0.1, 0.15) is 0 Å². The average Bonchev–Trinajstić information content (AvgIpc) is 2.38. The summed E-state index contributed by atoms with van der Waals surface area (Å²) >= 11 is 0. The van der Waals surface area contributed by atoms with Gasteiger partial charge >= 0.3 is 0 Å². The number of benzene rings is 2. The second-order valence-corrected chi connectivity index (χ2v) is 5.09. The van der Waals surface area contributed by atoms with Crippen molar-refractivity contribution >= 4 is 21.8 Å². The maximum Gasteiger partial charge on any atom is 0.0504 e. The minimum atomic E-state index is -0.994. The van der Waals surface area contributed by atoms with Crippen molar-refractivity contribution in [3.63, 3.8) is 0 Å². The standard InChI is InChI=1S/C15H14OS/c1-17(16)15(14-10-6-3-7-11-14)12-13-8-4-2-5-9-13/h2-12H,1H3/b15-12+. The second-order valence-electron chi connectivity index (χ2n) is 3.74. The third-order valence-electron chi connectivity index (χ3n) is 2.47. The van der Waals surface area contributed by atoms with Gasteiger partial charge in [0.05, 0.1) is 10.8 Å². The van der Waals surface area contributed by atoms with Crippen LogP contribution in [0.2, 0.25) is 0 Å². The van der Waals surface area contributed by atoms with Gasteiger partial charge in [-0.3, -0.25) is 4.21 Å². The first-order chi connectivity index (χ1) is 8.27. The van der Waals surface area contributed by atoms with Gasteiger partial charge < -0.3 is 0 Å². The monoisotopic (exact) mass is 242 g/mol. The highest BCUT2D eigenvalue weighted by molar-refractivity contribution is 7.94. The molecule has 0 spiro atoms. The third-order valence-corrected chi connectivity index (χ3v) is 3.44. The minimum Gasteiger partial charge on any atom is -0.255 e. The smallest absolute Gasteiger partial charge is 0.0504 e. The highest BCUT2D eigenvalue weighted by atomic mass is 32.2. The summed E-state index contributed by atoms with van der Waals surface area (Å²) in [5, 5.41) is 0. The molecule has 86 valence electrons. The van der Waals surface area contributed by atoms with Crippen LogP contribution in [-0.2, 0) is 10.8 Å². The molecule has 2 aromatic carbocycles. The summed E-state index contributed by atoms with van der Waals surface area (Å²) in [6.07, 6.45) is 3.69. The Balaban J connectivity index is 2.44. The fraction of sp³-hybridized carbons (Fsp3) is 0.0667. The number of rotatable bonds is 3. The van der Waals surface area contributed by atoms with E-state index in [-0.39, 0.29) is 0 Å². The quantitative estimate of drug-likeness (QED) is 0.752. The normalized spacial score (nSPS) is 13.4. The minimum absolute atomic E-state index is 0.858. The van der Waals surface area contributed by atoms with Crippen molar-refractivity contribution < 1.29 is 4.21 Å². The molecule has 1 atom stereocenters. The van der Waals surface area contributed by atoms with Gasteiger partial charge in [-0.2, -0.15) is 0 Å². The Morgan fingerprint density at radius 1 is 0.941 bits per heavy atom. The molecule has 0 aliphatic heterocycles. The number of hydrogen-bond acceptors (Lipinski definition) is 1. The molecule has 0 aliphatic rings. The molecule has 2 aromatic rings. The molecule has 0 saturated heterocycles. The van der Waals surface area contributed by atoms with Gasteiger partial charge in [-0.15, -0.1) is 0 Å². The molecule has 2 rings (SSSR count). The molecule has 0 fully saturated rings. The zero-order valence-corrected chi connectivity index (χ0v) is 10.5. The van der Waals surface area contributed by atoms with E-state index in [9.17, 15) is 4.21 Å². The largest absolute Gasteiger partial charge is 0.255 e. The van der Waals surface area contributed by atoms with Crippen LogP contribution in [0.4, 0.5) is 0 Å². The van der Waals surface area contributed by atoms with Gasteiger partial charge in [-0.05, 0) is 17.2 Å². The lowest BCUT2D eigenvalue weighted by Crippen LogP contribution is -1.91. The van der Waals surface area contributed by atoms with Crippen molar-refractivity contribution in [2.45, 2.75) is 0 Å². The fourth-order valence-corrected chi connectivity index (χ4v) is 2.41. The molecule has 1 unspecified atom stereocenters. The molecule has 0 radical (unpaired) electrons. The van der Waals surface area contributed by atoms with Crippen molar-refractivity contribution in [2.24, 2.45) is 0 Å². The van der Waals surface area contributed by atoms with E-state index in [1.54, 1.807) is 6.26 Å². The first kappa shape index (κ1) is 11.8. The van der Waals surface area contributed by atoms with Gasteiger partial charge in [0.2, 0.25) is 0 Å². The summed E-state index contributed by atoms with van der Waals surface area (Å²) < 4.78 is 11.8. The Kier molecular flexibility index (Phi) is 3.89. The predicted molar refractivity (Wildman–Crippen MR) is 74.8 cm³/mol. The van der Waals surface area contributed by atoms with Crippen molar-refractivity contribution in [2.75, 3.05) is 6.26 Å². The van der Waals surface area contributed by atoms with Gasteiger partial charge in [-0.1, -0.05) is 60.7 Å². The Morgan fingerprint density at radius 3 is 2.00 bits per heavy atom. The average molecular weight is 242 g/mol. The first-order valence-corrected chi connectivity index (χ1v) is 6.99. The molecule has 1 nitrogen and oxygen atoms in total. The first-order valence-electron chi connectivity index (χ1n) is 5.43. The molecule has 17 heavy (non-hydrogen) atoms. The van der Waals surface area contributed by atoms with Crippen LogP contribution in [0.1, 0.15) is 11.1 Å². The van der Waals surface area contributed by atoms with Gasteiger partial charge in [0, 0.05) is 11.2 Å². The van der Waals surface area contributed by atoms with Crippen molar-refractivity contribution in [3.05, 3.63) is 71.8 Å². The van der Waals surface area contributed by atoms with Crippen LogP contribution in [0, 0.1) is 0 Å². The van der Waals surface area contributed by atoms with E-state index in [1.165, 1.54) is 0 Å². The Hall–Kier alpha value is -1.67. The maximum atomic E-state index is 11.8. The van der Waals surface area contributed by atoms with Crippen LogP contribution >= 0.6 is 0 Å². The summed E-state index contributed by atoms with van der Waals surface area (Å²) in [7, 11) is -0.994. The third kappa shape index (κ3) is 3.14. The summed E-state index contributed by atoms with van der Waals surface area (Å²) in [5.74, 6) is 0. The van der Waals surface area contributed by atoms with Crippen LogP contribution in [0.15, 0.2) is 60.7 Å². The zero-order valence-electron chi connectivity index (χ0n) is 9.67. The van der Waals surface area contributed by atoms with Crippen molar-refractivity contribution in [3.8, 4) is 0 Å². The molecule has 0 heterocycles. The van der Waals surface area contributed by atoms with Crippen LogP contribution in [0.3, 0.4) is 0 Å². The van der Waals surface area contributed by atoms with Gasteiger partial charge in [0.15, 0.2) is 0 Å². The topological polar surface area (TPSA) is 17.1 Å². The van der Waals surface area contributed by atoms with Crippen LogP contribution in [0.5, 0.6) is 0 Å². The van der Waals surface area contributed by atoms with Crippen molar-refractivity contribution in [1.29, 1.82) is 0 Å². The summed E-state index contributed by atoms with van der Waals surface area (Å²) in [5.41, 5.74) is 2.08. The summed E-state index contributed by atoms with van der Waals surface area (Å²) in [6.45, 7) is 0. The maximum absolute atomic E-state index is 11.8. The van der Waals surface area contributed by atoms with E-state index in [1.807, 2.05) is 66.7 Å². The SMILES string of the molecule is CS(=O)/C(=C/c1ccccc1)c1ccccc1. The zero-order chi connectivity index (χ0) is 12.1. The molecule has 0 bridgehead atoms. The Labute approximate surface area is 104 Å². The summed E-state index contributed by atoms with van der Waals surface area (Å²) in [6, 6.07) is 19.8. The molecule has 0 saturated carbocycles. The lowest BCUT2D eigenvalue weighted by atomic mass is 10.1. The van der Waals surface area contributed by atoms with Crippen LogP contribution in [-0.4, -0.2) is 10.5 Å². The second kappa shape index (κ2) is 5.60. The fourth-order valence-electron chi connectivity index (χ4n) is 1.64. The lowest BCUT2D eigenvalue weighted by Gasteiger charge is -2.04. The Bertz CT molecular complexity index is 529. The van der Waals surface area contributed by atoms with E-state index in [2.05, 4.69) is 0 Å². The predicted octanol–water partition coefficient (Wildman–Crippen LogP) is 3.56. The highest BCUT2D eigenvalue weighted by Crippen LogP contribution is 2.20. The summed E-state index contributed by atoms with van der Waals surface area (Å²) in [4.78, 5) is 0.858. The van der Waals surface area contributed by atoms with E-state index >= 15 is 0 Å².